The predicted molar refractivity (Wildman–Crippen MR) is 94.1 cm³/mol. The van der Waals surface area contributed by atoms with Crippen LogP contribution in [0.25, 0.3) is 0 Å². The fraction of sp³-hybridized carbons (Fsp3) is 0.550. The summed E-state index contributed by atoms with van der Waals surface area (Å²) in [5.74, 6) is -0.545. The Morgan fingerprint density at radius 3 is 2.35 bits per heavy atom. The topological polar surface area (TPSA) is 72.9 Å². The number of carbonyl (C=O) groups is 3. The Balaban J connectivity index is 1.58. The summed E-state index contributed by atoms with van der Waals surface area (Å²) in [6, 6.07) is 6.40. The van der Waals surface area contributed by atoms with E-state index in [1.165, 1.54) is 18.6 Å². The minimum Gasteiger partial charge on any atom is -0.366 e. The molecule has 1 heterocycles. The fourth-order valence-corrected chi connectivity index (χ4v) is 3.86. The van der Waals surface area contributed by atoms with Gasteiger partial charge in [0.05, 0.1) is 17.2 Å². The number of amides is 2. The molecule has 0 aromatic heterocycles. The van der Waals surface area contributed by atoms with Crippen LogP contribution in [0.1, 0.15) is 60.7 Å². The Hall–Kier alpha value is -2.21. The summed E-state index contributed by atoms with van der Waals surface area (Å²) in [7, 11) is 0. The summed E-state index contributed by atoms with van der Waals surface area (Å²) >= 11 is 0. The Bertz CT molecular complexity index is 679. The quantitative estimate of drug-likeness (QED) is 0.755. The average Bonchev–Trinajstić information content (AvgIpc) is 2.85. The number of hydrogen-bond donors (Lipinski definition) is 0. The minimum atomic E-state index is -0.736. The maximum absolute atomic E-state index is 12.2. The number of imide groups is 1. The van der Waals surface area contributed by atoms with Crippen LogP contribution >= 0.6 is 0 Å². The number of rotatable bonds is 5. The summed E-state index contributed by atoms with van der Waals surface area (Å²) < 4.78 is 5.82. The van der Waals surface area contributed by atoms with E-state index in [1.807, 2.05) is 0 Å². The number of carbonyl (C=O) groups excluding carboxylic acids is 3. The second-order valence-corrected chi connectivity index (χ2v) is 7.59. The van der Waals surface area contributed by atoms with Crippen molar-refractivity contribution in [1.82, 2.24) is 5.06 Å². The Kier molecular flexibility index (Phi) is 5.41. The number of nitrogens with zero attached hydrogens (tertiary/aromatic N) is 1. The van der Waals surface area contributed by atoms with Crippen molar-refractivity contribution < 1.29 is 24.0 Å². The van der Waals surface area contributed by atoms with Gasteiger partial charge in [0.25, 0.3) is 11.8 Å². The first-order valence-corrected chi connectivity index (χ1v) is 9.18. The van der Waals surface area contributed by atoms with Crippen LogP contribution in [0.2, 0.25) is 0 Å². The van der Waals surface area contributed by atoms with E-state index in [1.54, 1.807) is 12.1 Å². The molecule has 26 heavy (non-hydrogen) atoms. The van der Waals surface area contributed by atoms with Crippen LogP contribution in [0.3, 0.4) is 0 Å². The van der Waals surface area contributed by atoms with Crippen molar-refractivity contribution >= 4 is 17.8 Å². The van der Waals surface area contributed by atoms with E-state index in [9.17, 15) is 14.4 Å². The molecule has 3 rings (SSSR count). The van der Waals surface area contributed by atoms with Gasteiger partial charge < -0.3 is 9.57 Å². The highest BCUT2D eigenvalue weighted by Gasteiger charge is 2.39. The first-order chi connectivity index (χ1) is 12.4. The van der Waals surface area contributed by atoms with Crippen LogP contribution < -0.4 is 0 Å². The lowest BCUT2D eigenvalue weighted by Crippen LogP contribution is -2.38. The molecule has 6 heteroatoms. The van der Waals surface area contributed by atoms with Crippen molar-refractivity contribution in [2.24, 2.45) is 17.8 Å². The Labute approximate surface area is 153 Å². The smallest absolute Gasteiger partial charge is 0.358 e. The van der Waals surface area contributed by atoms with Crippen LogP contribution in [0, 0.1) is 17.8 Å². The van der Waals surface area contributed by atoms with E-state index in [-0.39, 0.29) is 23.8 Å². The molecule has 6 nitrogen and oxygen atoms in total. The third-order valence-electron chi connectivity index (χ3n) is 5.33. The summed E-state index contributed by atoms with van der Waals surface area (Å²) in [5, 5.41) is 0.528. The van der Waals surface area contributed by atoms with Crippen molar-refractivity contribution in [3.63, 3.8) is 0 Å². The van der Waals surface area contributed by atoms with Gasteiger partial charge in [0.2, 0.25) is 0 Å². The maximum atomic E-state index is 12.2. The highest BCUT2D eigenvalue weighted by Crippen LogP contribution is 2.35. The first kappa shape index (κ1) is 18.6. The lowest BCUT2D eigenvalue weighted by atomic mass is 9.75. The van der Waals surface area contributed by atoms with Crippen molar-refractivity contribution in [2.45, 2.75) is 46.1 Å². The fourth-order valence-electron chi connectivity index (χ4n) is 3.86. The summed E-state index contributed by atoms with van der Waals surface area (Å²) in [6.45, 7) is 6.24. The summed E-state index contributed by atoms with van der Waals surface area (Å²) in [6.07, 6.45) is 3.15. The zero-order chi connectivity index (χ0) is 18.8. The molecule has 140 valence electrons. The standard InChI is InChI=1S/C20H25NO5/c1-12(2)14-9-8-13(3)10-17(14)25-11-18(22)26-21-19(23)15-6-4-5-7-16(15)20(21)24/h4-7,12-14,17H,8-11H2,1-3H3. The van der Waals surface area contributed by atoms with E-state index in [0.29, 0.717) is 22.8 Å². The summed E-state index contributed by atoms with van der Waals surface area (Å²) in [4.78, 5) is 41.6. The second kappa shape index (κ2) is 7.58. The van der Waals surface area contributed by atoms with Crippen molar-refractivity contribution in [1.29, 1.82) is 0 Å². The van der Waals surface area contributed by atoms with Gasteiger partial charge >= 0.3 is 5.97 Å². The monoisotopic (exact) mass is 359 g/mol. The number of benzene rings is 1. The van der Waals surface area contributed by atoms with E-state index < -0.39 is 17.8 Å². The molecule has 1 aliphatic carbocycles. The van der Waals surface area contributed by atoms with Gasteiger partial charge in [-0.25, -0.2) is 4.79 Å². The van der Waals surface area contributed by atoms with Crippen LogP contribution in [-0.4, -0.2) is 35.6 Å². The van der Waals surface area contributed by atoms with E-state index in [0.717, 1.165) is 12.8 Å². The number of hydrogen-bond acceptors (Lipinski definition) is 5. The molecule has 2 amide bonds. The van der Waals surface area contributed by atoms with Crippen LogP contribution in [0.5, 0.6) is 0 Å². The average molecular weight is 359 g/mol. The molecule has 0 spiro atoms. The first-order valence-electron chi connectivity index (χ1n) is 9.18. The molecule has 0 bridgehead atoms. The van der Waals surface area contributed by atoms with E-state index in [2.05, 4.69) is 20.8 Å². The molecule has 1 aliphatic heterocycles. The SMILES string of the molecule is CC1CCC(C(C)C)C(OCC(=O)ON2C(=O)c3ccccc3C2=O)C1. The largest absolute Gasteiger partial charge is 0.366 e. The molecule has 0 radical (unpaired) electrons. The van der Waals surface area contributed by atoms with Crippen molar-refractivity contribution in [3.05, 3.63) is 35.4 Å². The molecule has 1 saturated carbocycles. The second-order valence-electron chi connectivity index (χ2n) is 7.59. The van der Waals surface area contributed by atoms with Gasteiger partial charge in [-0.1, -0.05) is 44.4 Å². The van der Waals surface area contributed by atoms with Crippen molar-refractivity contribution in [3.8, 4) is 0 Å². The van der Waals surface area contributed by atoms with Crippen LogP contribution in [0.15, 0.2) is 24.3 Å². The number of hydroxylamine groups is 2. The maximum Gasteiger partial charge on any atom is 0.358 e. The minimum absolute atomic E-state index is 0.00604. The molecule has 1 fully saturated rings. The van der Waals surface area contributed by atoms with Gasteiger partial charge in [0, 0.05) is 0 Å². The van der Waals surface area contributed by atoms with Gasteiger partial charge in [-0.05, 0) is 42.7 Å². The third kappa shape index (κ3) is 3.65. The van der Waals surface area contributed by atoms with Crippen molar-refractivity contribution in [2.75, 3.05) is 6.61 Å². The lowest BCUT2D eigenvalue weighted by Gasteiger charge is -2.36. The Morgan fingerprint density at radius 1 is 1.15 bits per heavy atom. The van der Waals surface area contributed by atoms with Crippen LogP contribution in [-0.2, 0) is 14.4 Å². The van der Waals surface area contributed by atoms with E-state index >= 15 is 0 Å². The molecular weight excluding hydrogens is 334 g/mol. The van der Waals surface area contributed by atoms with Gasteiger partial charge in [0.1, 0.15) is 6.61 Å². The van der Waals surface area contributed by atoms with Gasteiger partial charge in [-0.2, -0.15) is 0 Å². The zero-order valence-corrected chi connectivity index (χ0v) is 15.4. The third-order valence-corrected chi connectivity index (χ3v) is 5.33. The van der Waals surface area contributed by atoms with Crippen LogP contribution in [0.4, 0.5) is 0 Å². The van der Waals surface area contributed by atoms with Gasteiger partial charge in [-0.15, -0.1) is 0 Å². The Morgan fingerprint density at radius 2 is 1.77 bits per heavy atom. The normalized spacial score (nSPS) is 25.5. The lowest BCUT2D eigenvalue weighted by molar-refractivity contribution is -0.178. The zero-order valence-electron chi connectivity index (χ0n) is 15.4. The summed E-state index contributed by atoms with van der Waals surface area (Å²) in [5.41, 5.74) is 0.486. The molecular formula is C20H25NO5. The highest BCUT2D eigenvalue weighted by atomic mass is 16.7. The predicted octanol–water partition coefficient (Wildman–Crippen LogP) is 3.22. The molecule has 1 aromatic rings. The molecule has 3 atom stereocenters. The molecule has 3 unspecified atom stereocenters. The molecule has 1 aromatic carbocycles. The number of fused-ring (bicyclic) bond motifs is 1. The number of ether oxygens (including phenoxy) is 1. The van der Waals surface area contributed by atoms with Gasteiger partial charge in [0.15, 0.2) is 0 Å². The van der Waals surface area contributed by atoms with E-state index in [4.69, 9.17) is 9.57 Å². The highest BCUT2D eigenvalue weighted by molar-refractivity contribution is 6.20. The molecule has 0 N–H and O–H groups in total. The molecule has 0 saturated heterocycles. The molecule has 2 aliphatic rings. The van der Waals surface area contributed by atoms with Gasteiger partial charge in [-0.3, -0.25) is 9.59 Å².